The smallest absolute Gasteiger partial charge is 0.306 e. The summed E-state index contributed by atoms with van der Waals surface area (Å²) in [6, 6.07) is 6.75. The zero-order valence-electron chi connectivity index (χ0n) is 10.6. The molecule has 1 fully saturated rings. The van der Waals surface area contributed by atoms with E-state index in [-0.39, 0.29) is 23.7 Å². The first-order chi connectivity index (χ1) is 8.50. The Morgan fingerprint density at radius 1 is 1.39 bits per heavy atom. The molecule has 1 saturated heterocycles. The van der Waals surface area contributed by atoms with Gasteiger partial charge in [0.05, 0.1) is 5.92 Å². The first kappa shape index (κ1) is 13.0. The standard InChI is InChI=1S/C14H18FNO2/c1-9(14(17)18)11-7-16(8-11)10(2)12-5-3-4-6-13(12)15/h3-6,9-11H,7-8H2,1-2H3,(H,17,18). The first-order valence-electron chi connectivity index (χ1n) is 6.22. The molecule has 1 N–H and O–H groups in total. The molecule has 1 aromatic rings. The minimum Gasteiger partial charge on any atom is -0.481 e. The zero-order chi connectivity index (χ0) is 13.3. The number of aliphatic carboxylic acids is 1. The molecule has 4 heteroatoms. The number of carboxylic acid groups (broad SMARTS) is 1. The van der Waals surface area contributed by atoms with Gasteiger partial charge in [0.25, 0.3) is 0 Å². The SMILES string of the molecule is CC(C(=O)O)C1CN(C(C)c2ccccc2F)C1. The predicted molar refractivity (Wildman–Crippen MR) is 66.7 cm³/mol. The number of rotatable bonds is 4. The summed E-state index contributed by atoms with van der Waals surface area (Å²) in [4.78, 5) is 13.0. The van der Waals surface area contributed by atoms with Gasteiger partial charge in [0.15, 0.2) is 0 Å². The van der Waals surface area contributed by atoms with Gasteiger partial charge < -0.3 is 5.11 Å². The largest absolute Gasteiger partial charge is 0.481 e. The summed E-state index contributed by atoms with van der Waals surface area (Å²) in [5, 5.41) is 8.92. The first-order valence-corrected chi connectivity index (χ1v) is 6.22. The van der Waals surface area contributed by atoms with Gasteiger partial charge in [-0.3, -0.25) is 9.69 Å². The molecule has 18 heavy (non-hydrogen) atoms. The van der Waals surface area contributed by atoms with Gasteiger partial charge in [0, 0.05) is 24.7 Å². The van der Waals surface area contributed by atoms with Gasteiger partial charge in [-0.1, -0.05) is 25.1 Å². The Labute approximate surface area is 106 Å². The lowest BCUT2D eigenvalue weighted by molar-refractivity contribution is -0.146. The van der Waals surface area contributed by atoms with Crippen LogP contribution in [0.1, 0.15) is 25.5 Å². The molecule has 3 nitrogen and oxygen atoms in total. The maximum Gasteiger partial charge on any atom is 0.306 e. The van der Waals surface area contributed by atoms with Crippen molar-refractivity contribution in [1.29, 1.82) is 0 Å². The fourth-order valence-electron chi connectivity index (χ4n) is 2.39. The summed E-state index contributed by atoms with van der Waals surface area (Å²) in [5.41, 5.74) is 0.680. The van der Waals surface area contributed by atoms with E-state index < -0.39 is 5.97 Å². The average molecular weight is 251 g/mol. The maximum absolute atomic E-state index is 13.6. The van der Waals surface area contributed by atoms with Crippen LogP contribution < -0.4 is 0 Å². The molecule has 1 heterocycles. The molecule has 1 aromatic carbocycles. The monoisotopic (exact) mass is 251 g/mol. The second kappa shape index (κ2) is 5.06. The molecule has 0 spiro atoms. The Hall–Kier alpha value is -1.42. The van der Waals surface area contributed by atoms with Gasteiger partial charge >= 0.3 is 5.97 Å². The normalized spacial score (nSPS) is 20.2. The fraction of sp³-hybridized carbons (Fsp3) is 0.500. The third-order valence-corrected chi connectivity index (χ3v) is 3.94. The van der Waals surface area contributed by atoms with Gasteiger partial charge in [0.1, 0.15) is 5.82 Å². The van der Waals surface area contributed by atoms with Crippen LogP contribution >= 0.6 is 0 Å². The Balaban J connectivity index is 1.96. The minimum atomic E-state index is -0.752. The lowest BCUT2D eigenvalue weighted by Gasteiger charge is -2.45. The topological polar surface area (TPSA) is 40.5 Å². The number of hydrogen-bond donors (Lipinski definition) is 1. The van der Waals surface area contributed by atoms with Crippen molar-refractivity contribution in [3.8, 4) is 0 Å². The van der Waals surface area contributed by atoms with Crippen molar-refractivity contribution < 1.29 is 14.3 Å². The molecule has 0 saturated carbocycles. The number of carbonyl (C=O) groups is 1. The highest BCUT2D eigenvalue weighted by Crippen LogP contribution is 2.32. The highest BCUT2D eigenvalue weighted by Gasteiger charge is 2.37. The second-order valence-corrected chi connectivity index (χ2v) is 5.04. The van der Waals surface area contributed by atoms with Crippen molar-refractivity contribution in [1.82, 2.24) is 4.90 Å². The van der Waals surface area contributed by atoms with Crippen LogP contribution in [0.2, 0.25) is 0 Å². The number of likely N-dealkylation sites (tertiary alicyclic amines) is 1. The third-order valence-electron chi connectivity index (χ3n) is 3.94. The van der Waals surface area contributed by atoms with E-state index in [1.165, 1.54) is 6.07 Å². The van der Waals surface area contributed by atoms with Crippen LogP contribution in [-0.2, 0) is 4.79 Å². The van der Waals surface area contributed by atoms with E-state index in [9.17, 15) is 9.18 Å². The van der Waals surface area contributed by atoms with Crippen LogP contribution in [0.15, 0.2) is 24.3 Å². The van der Waals surface area contributed by atoms with Crippen molar-refractivity contribution in [2.45, 2.75) is 19.9 Å². The van der Waals surface area contributed by atoms with Crippen LogP contribution in [0.25, 0.3) is 0 Å². The van der Waals surface area contributed by atoms with Gasteiger partial charge in [0.2, 0.25) is 0 Å². The molecule has 2 atom stereocenters. The van der Waals surface area contributed by atoms with Crippen LogP contribution in [-0.4, -0.2) is 29.1 Å². The molecule has 0 bridgehead atoms. The van der Waals surface area contributed by atoms with Crippen molar-refractivity contribution in [2.75, 3.05) is 13.1 Å². The molecule has 0 aromatic heterocycles. The Morgan fingerprint density at radius 3 is 2.56 bits per heavy atom. The van der Waals surface area contributed by atoms with Crippen molar-refractivity contribution in [3.63, 3.8) is 0 Å². The predicted octanol–water partition coefficient (Wildman–Crippen LogP) is 2.54. The maximum atomic E-state index is 13.6. The molecule has 98 valence electrons. The van der Waals surface area contributed by atoms with E-state index in [1.54, 1.807) is 19.1 Å². The van der Waals surface area contributed by atoms with Crippen molar-refractivity contribution in [3.05, 3.63) is 35.6 Å². The van der Waals surface area contributed by atoms with Crippen LogP contribution in [0, 0.1) is 17.7 Å². The molecule has 2 unspecified atom stereocenters. The number of benzene rings is 1. The Kier molecular flexibility index (Phi) is 3.66. The highest BCUT2D eigenvalue weighted by atomic mass is 19.1. The fourth-order valence-corrected chi connectivity index (χ4v) is 2.39. The number of nitrogens with zero attached hydrogens (tertiary/aromatic N) is 1. The van der Waals surface area contributed by atoms with Gasteiger partial charge in [-0.15, -0.1) is 0 Å². The summed E-state index contributed by atoms with van der Waals surface area (Å²) in [6.07, 6.45) is 0. The summed E-state index contributed by atoms with van der Waals surface area (Å²) in [6.45, 7) is 5.14. The molecular weight excluding hydrogens is 233 g/mol. The highest BCUT2D eigenvalue weighted by molar-refractivity contribution is 5.70. The summed E-state index contributed by atoms with van der Waals surface area (Å²) in [7, 11) is 0. The van der Waals surface area contributed by atoms with E-state index in [4.69, 9.17) is 5.11 Å². The summed E-state index contributed by atoms with van der Waals surface area (Å²) in [5.74, 6) is -1.09. The molecule has 0 radical (unpaired) electrons. The van der Waals surface area contributed by atoms with E-state index in [0.717, 1.165) is 13.1 Å². The quantitative estimate of drug-likeness (QED) is 0.894. The van der Waals surface area contributed by atoms with E-state index in [2.05, 4.69) is 4.90 Å². The molecule has 2 rings (SSSR count). The number of halogens is 1. The third kappa shape index (κ3) is 2.38. The molecular formula is C14H18FNO2. The molecule has 1 aliphatic heterocycles. The van der Waals surface area contributed by atoms with Crippen LogP contribution in [0.3, 0.4) is 0 Å². The lowest BCUT2D eigenvalue weighted by atomic mass is 9.85. The number of hydrogen-bond acceptors (Lipinski definition) is 2. The van der Waals surface area contributed by atoms with Crippen LogP contribution in [0.4, 0.5) is 4.39 Å². The second-order valence-electron chi connectivity index (χ2n) is 5.04. The Bertz CT molecular complexity index is 443. The summed E-state index contributed by atoms with van der Waals surface area (Å²) < 4.78 is 13.6. The summed E-state index contributed by atoms with van der Waals surface area (Å²) >= 11 is 0. The van der Waals surface area contributed by atoms with E-state index in [0.29, 0.717) is 5.56 Å². The van der Waals surface area contributed by atoms with Crippen molar-refractivity contribution in [2.24, 2.45) is 11.8 Å². The zero-order valence-corrected chi connectivity index (χ0v) is 10.6. The van der Waals surface area contributed by atoms with E-state index >= 15 is 0 Å². The minimum absolute atomic E-state index is 0.00319. The average Bonchev–Trinajstić information content (AvgIpc) is 2.27. The van der Waals surface area contributed by atoms with Gasteiger partial charge in [-0.2, -0.15) is 0 Å². The molecule has 0 amide bonds. The molecule has 1 aliphatic rings. The molecule has 0 aliphatic carbocycles. The van der Waals surface area contributed by atoms with Crippen molar-refractivity contribution >= 4 is 5.97 Å². The van der Waals surface area contributed by atoms with Gasteiger partial charge in [-0.05, 0) is 18.9 Å². The van der Waals surface area contributed by atoms with Crippen LogP contribution in [0.5, 0.6) is 0 Å². The van der Waals surface area contributed by atoms with Gasteiger partial charge in [-0.25, -0.2) is 4.39 Å². The number of carboxylic acids is 1. The lowest BCUT2D eigenvalue weighted by Crippen LogP contribution is -2.51. The Morgan fingerprint density at radius 2 is 2.00 bits per heavy atom. The van der Waals surface area contributed by atoms with E-state index in [1.807, 2.05) is 13.0 Å².